The van der Waals surface area contributed by atoms with E-state index in [1.54, 1.807) is 38.5 Å². The zero-order valence-corrected chi connectivity index (χ0v) is 55.4. The molecule has 5 aromatic rings. The second-order valence-corrected chi connectivity index (χ2v) is 35.1. The quantitative estimate of drug-likeness (QED) is 0.0431. The Labute approximate surface area is 505 Å². The lowest BCUT2D eigenvalue weighted by Crippen LogP contribution is -2.46. The number of ether oxygens (including phenoxy) is 13. The number of aliphatic hydroxyl groups is 1. The number of hydrogen-bond donors (Lipinski definition) is 1. The third-order valence-electron chi connectivity index (χ3n) is 16.5. The Morgan fingerprint density at radius 1 is 0.588 bits per heavy atom. The van der Waals surface area contributed by atoms with Gasteiger partial charge in [0.05, 0.1) is 54.9 Å². The second-order valence-electron chi connectivity index (χ2n) is 25.5. The Morgan fingerprint density at radius 3 is 1.56 bits per heavy atom. The SMILES string of the molecule is COC(=O)[C@@H](Oc1ccc(C(CCO[Si](C)(C)C(C)(C)C)O[Si](C)(C)C(C)(C)C)cc1OC)[C@@H](O)c1ccc(O[C@@H]2COC(C)(C)O[C@H]2c2ccc(O[C@@H]3COC(C)(C)O[C@H]3c3ccc(OCc4ccccc4)c(OC)c3)c(OC)c2)c(OC)c1. The van der Waals surface area contributed by atoms with E-state index in [4.69, 9.17) is 70.4 Å². The van der Waals surface area contributed by atoms with E-state index in [0.717, 1.165) is 22.3 Å². The minimum absolute atomic E-state index is 0.0506. The average molecular weight is 1210 g/mol. The van der Waals surface area contributed by atoms with E-state index < -0.39 is 70.8 Å². The summed E-state index contributed by atoms with van der Waals surface area (Å²) in [5.74, 6) is 0.476. The summed E-state index contributed by atoms with van der Waals surface area (Å²) in [6.07, 6.45) is -5.32. The van der Waals surface area contributed by atoms with Crippen molar-refractivity contribution in [1.82, 2.24) is 0 Å². The zero-order valence-electron chi connectivity index (χ0n) is 53.4. The summed E-state index contributed by atoms with van der Waals surface area (Å²) >= 11 is 0. The van der Waals surface area contributed by atoms with Crippen LogP contribution >= 0.6 is 0 Å². The minimum Gasteiger partial charge on any atom is -0.493 e. The van der Waals surface area contributed by atoms with Crippen molar-refractivity contribution in [2.24, 2.45) is 0 Å². The standard InChI is InChI=1S/C66H92O17Si2/c1-63(2,3)84(16,17)77-34-33-47(83-85(18,19)64(4,5)6)43-25-30-51(53(35-43)70-12)80-61(62(68)73-15)58(67)44-26-31-49(54(36-44)71-13)78-57-41-76-66(9,10)82-60(57)46-28-32-50(55(38-46)72-14)79-56-40-75-65(7,8)81-59(56)45-27-29-48(52(37-45)69-11)74-39-42-23-21-20-22-24-42/h20-32,35-38,47,56-61,67H,33-34,39-41H2,1-19H3/t47?,56-,57-,58+,59+,60+,61+/m1/s1. The normalized spacial score (nSPS) is 20.0. The van der Waals surface area contributed by atoms with Crippen LogP contribution < -0.4 is 37.9 Å². The molecule has 85 heavy (non-hydrogen) atoms. The van der Waals surface area contributed by atoms with Gasteiger partial charge in [-0.15, -0.1) is 0 Å². The molecule has 0 bridgehead atoms. The highest BCUT2D eigenvalue weighted by Gasteiger charge is 2.44. The van der Waals surface area contributed by atoms with Gasteiger partial charge in [0.15, 0.2) is 86.4 Å². The minimum atomic E-state index is -2.27. The van der Waals surface area contributed by atoms with Gasteiger partial charge < -0.3 is 75.5 Å². The Balaban J connectivity index is 1.09. The summed E-state index contributed by atoms with van der Waals surface area (Å²) < 4.78 is 93.9. The van der Waals surface area contributed by atoms with E-state index in [-0.39, 0.29) is 46.5 Å². The first-order chi connectivity index (χ1) is 39.9. The van der Waals surface area contributed by atoms with Crippen molar-refractivity contribution < 1.29 is 80.3 Å². The summed E-state index contributed by atoms with van der Waals surface area (Å²) in [4.78, 5) is 13.6. The molecule has 466 valence electrons. The summed E-state index contributed by atoms with van der Waals surface area (Å²) in [7, 11) is 3.12. The van der Waals surface area contributed by atoms with Gasteiger partial charge in [-0.1, -0.05) is 96.1 Å². The van der Waals surface area contributed by atoms with Crippen LogP contribution in [-0.4, -0.2) is 113 Å². The topological polar surface area (TPSA) is 176 Å². The number of aliphatic hydroxyl groups excluding tert-OH is 1. The van der Waals surface area contributed by atoms with Crippen molar-refractivity contribution in [3.63, 3.8) is 0 Å². The second kappa shape index (κ2) is 27.4. The van der Waals surface area contributed by atoms with E-state index >= 15 is 0 Å². The van der Waals surface area contributed by atoms with Gasteiger partial charge in [0.2, 0.25) is 6.10 Å². The van der Waals surface area contributed by atoms with Crippen molar-refractivity contribution in [2.45, 2.75) is 173 Å². The fraction of sp³-hybridized carbons (Fsp3) is 0.530. The largest absolute Gasteiger partial charge is 0.493 e. The number of benzene rings is 5. The van der Waals surface area contributed by atoms with E-state index in [2.05, 4.69) is 67.7 Å². The van der Waals surface area contributed by atoms with Crippen molar-refractivity contribution in [3.8, 4) is 46.0 Å². The Kier molecular flexibility index (Phi) is 21.5. The summed E-state index contributed by atoms with van der Waals surface area (Å²) in [6, 6.07) is 31.6. The molecule has 19 heteroatoms. The number of carbonyl (C=O) groups is 1. The van der Waals surface area contributed by atoms with Crippen LogP contribution in [0.4, 0.5) is 0 Å². The van der Waals surface area contributed by atoms with Crippen LogP contribution in [0.5, 0.6) is 46.0 Å². The van der Waals surface area contributed by atoms with Crippen LogP contribution in [0.1, 0.15) is 128 Å². The number of methoxy groups -OCH3 is 5. The van der Waals surface area contributed by atoms with Gasteiger partial charge in [-0.05, 0) is 147 Å². The molecular formula is C66H92O17Si2. The molecule has 0 spiro atoms. The molecule has 2 aliphatic rings. The van der Waals surface area contributed by atoms with Crippen molar-refractivity contribution in [3.05, 3.63) is 131 Å². The van der Waals surface area contributed by atoms with Gasteiger partial charge in [-0.3, -0.25) is 0 Å². The van der Waals surface area contributed by atoms with E-state index in [1.165, 1.54) is 21.3 Å². The molecule has 2 fully saturated rings. The van der Waals surface area contributed by atoms with Crippen molar-refractivity contribution in [1.29, 1.82) is 0 Å². The van der Waals surface area contributed by atoms with Gasteiger partial charge in [-0.25, -0.2) is 4.79 Å². The summed E-state index contributed by atoms with van der Waals surface area (Å²) in [6.45, 7) is 30.9. The number of hydrogen-bond acceptors (Lipinski definition) is 17. The lowest BCUT2D eigenvalue weighted by Gasteiger charge is -2.42. The Hall–Kier alpha value is -5.88. The van der Waals surface area contributed by atoms with E-state index in [0.29, 0.717) is 54.1 Å². The fourth-order valence-corrected chi connectivity index (χ4v) is 11.8. The van der Waals surface area contributed by atoms with Crippen LogP contribution in [-0.2, 0) is 43.9 Å². The molecule has 5 aromatic carbocycles. The molecule has 0 radical (unpaired) electrons. The molecule has 2 saturated heterocycles. The summed E-state index contributed by atoms with van der Waals surface area (Å²) in [5.41, 5.74) is 3.73. The Bertz CT molecular complexity index is 3010. The van der Waals surface area contributed by atoms with Gasteiger partial charge >= 0.3 is 5.97 Å². The fourth-order valence-electron chi connectivity index (χ4n) is 9.41. The molecule has 2 aliphatic heterocycles. The lowest BCUT2D eigenvalue weighted by molar-refractivity contribution is -0.303. The zero-order chi connectivity index (χ0) is 62.3. The predicted octanol–water partition coefficient (Wildman–Crippen LogP) is 14.0. The van der Waals surface area contributed by atoms with E-state index in [9.17, 15) is 9.90 Å². The van der Waals surface area contributed by atoms with Crippen LogP contribution in [0.15, 0.2) is 103 Å². The molecule has 1 N–H and O–H groups in total. The maximum Gasteiger partial charge on any atom is 0.350 e. The molecule has 2 heterocycles. The maximum absolute atomic E-state index is 13.6. The molecule has 7 atom stereocenters. The Morgan fingerprint density at radius 2 is 1.05 bits per heavy atom. The molecule has 0 amide bonds. The maximum atomic E-state index is 13.6. The third-order valence-corrected chi connectivity index (χ3v) is 25.5. The van der Waals surface area contributed by atoms with Gasteiger partial charge in [0, 0.05) is 6.61 Å². The number of rotatable bonds is 25. The first-order valence-electron chi connectivity index (χ1n) is 29.0. The molecule has 0 aliphatic carbocycles. The van der Waals surface area contributed by atoms with Gasteiger partial charge in [-0.2, -0.15) is 0 Å². The molecule has 1 unspecified atom stereocenters. The van der Waals surface area contributed by atoms with E-state index in [1.807, 2.05) is 107 Å². The first kappa shape index (κ1) is 66.6. The van der Waals surface area contributed by atoms with Crippen molar-refractivity contribution in [2.75, 3.05) is 55.4 Å². The lowest BCUT2D eigenvalue weighted by atomic mass is 10.0. The smallest absolute Gasteiger partial charge is 0.350 e. The third kappa shape index (κ3) is 16.6. The van der Waals surface area contributed by atoms with Crippen LogP contribution in [0, 0.1) is 0 Å². The van der Waals surface area contributed by atoms with Crippen LogP contribution in [0.3, 0.4) is 0 Å². The molecule has 0 saturated carbocycles. The number of carbonyl (C=O) groups excluding carboxylic acids is 1. The number of esters is 1. The van der Waals surface area contributed by atoms with Crippen molar-refractivity contribution >= 4 is 22.6 Å². The van der Waals surface area contributed by atoms with Gasteiger partial charge in [0.25, 0.3) is 0 Å². The average Bonchev–Trinajstić information content (AvgIpc) is 3.64. The predicted molar refractivity (Wildman–Crippen MR) is 329 cm³/mol. The van der Waals surface area contributed by atoms with Crippen LogP contribution in [0.2, 0.25) is 36.3 Å². The monoisotopic (exact) mass is 1210 g/mol. The highest BCUT2D eigenvalue weighted by atomic mass is 28.4. The van der Waals surface area contributed by atoms with Crippen LogP contribution in [0.25, 0.3) is 0 Å². The molecule has 0 aromatic heterocycles. The summed E-state index contributed by atoms with van der Waals surface area (Å²) in [5, 5.41) is 12.0. The van der Waals surface area contributed by atoms with Gasteiger partial charge in [0.1, 0.15) is 24.9 Å². The highest BCUT2D eigenvalue weighted by Crippen LogP contribution is 2.46. The molecule has 7 rings (SSSR count). The molecular weight excluding hydrogens is 1120 g/mol. The highest BCUT2D eigenvalue weighted by molar-refractivity contribution is 6.74. The first-order valence-corrected chi connectivity index (χ1v) is 34.8. The molecule has 17 nitrogen and oxygen atoms in total.